The number of rotatable bonds is 4. The summed E-state index contributed by atoms with van der Waals surface area (Å²) in [6.07, 6.45) is 5.86. The van der Waals surface area contributed by atoms with Crippen LogP contribution in [0.4, 0.5) is 0 Å². The first-order valence-electron chi connectivity index (χ1n) is 6.66. The zero-order chi connectivity index (χ0) is 13.6. The summed E-state index contributed by atoms with van der Waals surface area (Å²) in [4.78, 5) is 13.1. The molecule has 5 nitrogen and oxygen atoms in total. The standard InChI is InChI=1S/C15H16N4O/c1-2-4-12(5-3-1)14(19-15-18-8-9-20-15)10-13-11-16-6-7-17-13/h1-7,11,14H,8-10H2,(H,18,19). The molecular weight excluding hydrogens is 252 g/mol. The fourth-order valence-electron chi connectivity index (χ4n) is 2.13. The maximum absolute atomic E-state index is 5.45. The molecule has 2 aromatic rings. The second kappa shape index (κ2) is 6.14. The Hall–Kier alpha value is -2.43. The SMILES string of the molecule is c1ccc(C(Cc2cnccn2)/N=C2/NCCO2)cc1. The topological polar surface area (TPSA) is 59.4 Å². The van der Waals surface area contributed by atoms with Gasteiger partial charge >= 0.3 is 0 Å². The molecular formula is C15H16N4O. The van der Waals surface area contributed by atoms with Crippen molar-refractivity contribution >= 4 is 6.02 Å². The van der Waals surface area contributed by atoms with Gasteiger partial charge in [0, 0.05) is 25.0 Å². The minimum atomic E-state index is -0.0199. The fraction of sp³-hybridized carbons (Fsp3) is 0.267. The second-order valence-electron chi connectivity index (χ2n) is 4.54. The Kier molecular flexibility index (Phi) is 3.87. The Labute approximate surface area is 117 Å². The molecule has 1 aliphatic heterocycles. The Morgan fingerprint density at radius 2 is 2.15 bits per heavy atom. The van der Waals surface area contributed by atoms with Gasteiger partial charge in [-0.25, -0.2) is 4.99 Å². The van der Waals surface area contributed by atoms with Gasteiger partial charge in [-0.15, -0.1) is 0 Å². The van der Waals surface area contributed by atoms with Crippen molar-refractivity contribution in [2.24, 2.45) is 4.99 Å². The van der Waals surface area contributed by atoms with E-state index in [0.29, 0.717) is 19.0 Å². The third-order valence-corrected chi connectivity index (χ3v) is 3.09. The van der Waals surface area contributed by atoms with E-state index in [0.717, 1.165) is 17.8 Å². The Bertz CT molecular complexity index is 563. The van der Waals surface area contributed by atoms with Crippen molar-refractivity contribution in [1.82, 2.24) is 15.3 Å². The highest BCUT2D eigenvalue weighted by atomic mass is 16.5. The van der Waals surface area contributed by atoms with E-state index in [-0.39, 0.29) is 6.04 Å². The lowest BCUT2D eigenvalue weighted by atomic mass is 10.0. The summed E-state index contributed by atoms with van der Waals surface area (Å²) < 4.78 is 5.45. The zero-order valence-electron chi connectivity index (χ0n) is 11.1. The van der Waals surface area contributed by atoms with Gasteiger partial charge in [-0.1, -0.05) is 30.3 Å². The summed E-state index contributed by atoms with van der Waals surface area (Å²) in [5.74, 6) is 0. The molecule has 1 aromatic heterocycles. The van der Waals surface area contributed by atoms with E-state index in [2.05, 4.69) is 32.4 Å². The van der Waals surface area contributed by atoms with Gasteiger partial charge < -0.3 is 10.1 Å². The largest absolute Gasteiger partial charge is 0.463 e. The van der Waals surface area contributed by atoms with Crippen molar-refractivity contribution in [3.05, 3.63) is 60.2 Å². The summed E-state index contributed by atoms with van der Waals surface area (Å²) in [5, 5.41) is 3.13. The molecule has 1 saturated heterocycles. The summed E-state index contributed by atoms with van der Waals surface area (Å²) in [6, 6.07) is 10.8. The molecule has 0 bridgehead atoms. The van der Waals surface area contributed by atoms with Crippen LogP contribution in [0.15, 0.2) is 53.9 Å². The summed E-state index contributed by atoms with van der Waals surface area (Å²) in [6.45, 7) is 1.48. The molecule has 20 heavy (non-hydrogen) atoms. The molecule has 0 spiro atoms. The Balaban J connectivity index is 1.85. The molecule has 1 unspecified atom stereocenters. The number of aromatic nitrogens is 2. The number of benzene rings is 1. The summed E-state index contributed by atoms with van der Waals surface area (Å²) in [7, 11) is 0. The molecule has 2 heterocycles. The molecule has 102 valence electrons. The normalized spacial score (nSPS) is 17.5. The predicted molar refractivity (Wildman–Crippen MR) is 76.3 cm³/mol. The maximum atomic E-state index is 5.45. The fourth-order valence-corrected chi connectivity index (χ4v) is 2.13. The first-order valence-corrected chi connectivity index (χ1v) is 6.66. The van der Waals surface area contributed by atoms with Crippen molar-refractivity contribution in [2.45, 2.75) is 12.5 Å². The van der Waals surface area contributed by atoms with Crippen LogP contribution in [0.25, 0.3) is 0 Å². The zero-order valence-corrected chi connectivity index (χ0v) is 11.1. The van der Waals surface area contributed by atoms with Crippen LogP contribution in [-0.2, 0) is 11.2 Å². The van der Waals surface area contributed by atoms with Crippen LogP contribution in [-0.4, -0.2) is 29.1 Å². The van der Waals surface area contributed by atoms with E-state index in [9.17, 15) is 0 Å². The molecule has 5 heteroatoms. The van der Waals surface area contributed by atoms with Gasteiger partial charge in [-0.2, -0.15) is 0 Å². The van der Waals surface area contributed by atoms with Crippen LogP contribution < -0.4 is 5.32 Å². The second-order valence-corrected chi connectivity index (χ2v) is 4.54. The third-order valence-electron chi connectivity index (χ3n) is 3.09. The molecule has 1 aromatic carbocycles. The lowest BCUT2D eigenvalue weighted by molar-refractivity contribution is 0.348. The van der Waals surface area contributed by atoms with E-state index < -0.39 is 0 Å². The van der Waals surface area contributed by atoms with Gasteiger partial charge in [-0.3, -0.25) is 9.97 Å². The van der Waals surface area contributed by atoms with Crippen LogP contribution in [0, 0.1) is 0 Å². The average molecular weight is 268 g/mol. The lowest BCUT2D eigenvalue weighted by Crippen LogP contribution is -2.17. The quantitative estimate of drug-likeness (QED) is 0.917. The average Bonchev–Trinajstić information content (AvgIpc) is 3.02. The highest BCUT2D eigenvalue weighted by molar-refractivity contribution is 5.75. The third kappa shape index (κ3) is 3.12. The Morgan fingerprint density at radius 1 is 1.25 bits per heavy atom. The van der Waals surface area contributed by atoms with Gasteiger partial charge in [0.05, 0.1) is 18.3 Å². The minimum Gasteiger partial charge on any atom is -0.463 e. The summed E-state index contributed by atoms with van der Waals surface area (Å²) >= 11 is 0. The highest BCUT2D eigenvalue weighted by Gasteiger charge is 2.16. The first-order chi connectivity index (χ1) is 9.92. The molecule has 1 fully saturated rings. The van der Waals surface area contributed by atoms with Crippen LogP contribution in [0.5, 0.6) is 0 Å². The number of aliphatic imine (C=N–C) groups is 1. The van der Waals surface area contributed by atoms with Gasteiger partial charge in [-0.05, 0) is 5.56 Å². The molecule has 0 aliphatic carbocycles. The lowest BCUT2D eigenvalue weighted by Gasteiger charge is -2.13. The van der Waals surface area contributed by atoms with Gasteiger partial charge in [0.1, 0.15) is 6.61 Å². The van der Waals surface area contributed by atoms with E-state index in [4.69, 9.17) is 4.74 Å². The smallest absolute Gasteiger partial charge is 0.285 e. The molecule has 0 radical (unpaired) electrons. The molecule has 1 atom stereocenters. The van der Waals surface area contributed by atoms with Gasteiger partial charge in [0.25, 0.3) is 6.02 Å². The van der Waals surface area contributed by atoms with Crippen LogP contribution >= 0.6 is 0 Å². The van der Waals surface area contributed by atoms with Crippen molar-refractivity contribution in [1.29, 1.82) is 0 Å². The van der Waals surface area contributed by atoms with Crippen LogP contribution in [0.3, 0.4) is 0 Å². The molecule has 1 N–H and O–H groups in total. The van der Waals surface area contributed by atoms with Crippen LogP contribution in [0.1, 0.15) is 17.3 Å². The summed E-state index contributed by atoms with van der Waals surface area (Å²) in [5.41, 5.74) is 2.06. The minimum absolute atomic E-state index is 0.0199. The number of amidine groups is 1. The molecule has 0 saturated carbocycles. The van der Waals surface area contributed by atoms with Crippen molar-refractivity contribution in [3.8, 4) is 0 Å². The van der Waals surface area contributed by atoms with Crippen LogP contribution in [0.2, 0.25) is 0 Å². The molecule has 1 aliphatic rings. The number of nitrogens with one attached hydrogen (secondary N) is 1. The number of ether oxygens (including phenoxy) is 1. The molecule has 3 rings (SSSR count). The van der Waals surface area contributed by atoms with E-state index in [1.165, 1.54) is 0 Å². The monoisotopic (exact) mass is 268 g/mol. The number of hydrogen-bond donors (Lipinski definition) is 1. The van der Waals surface area contributed by atoms with E-state index in [1.54, 1.807) is 18.6 Å². The number of hydrogen-bond acceptors (Lipinski definition) is 4. The van der Waals surface area contributed by atoms with Crippen molar-refractivity contribution in [3.63, 3.8) is 0 Å². The van der Waals surface area contributed by atoms with Gasteiger partial charge in [0.15, 0.2) is 0 Å². The predicted octanol–water partition coefficient (Wildman–Crippen LogP) is 1.74. The van der Waals surface area contributed by atoms with E-state index >= 15 is 0 Å². The van der Waals surface area contributed by atoms with E-state index in [1.807, 2.05) is 18.2 Å². The first kappa shape index (κ1) is 12.6. The van der Waals surface area contributed by atoms with Crippen molar-refractivity contribution < 1.29 is 4.74 Å². The number of nitrogens with zero attached hydrogens (tertiary/aromatic N) is 3. The highest BCUT2D eigenvalue weighted by Crippen LogP contribution is 2.21. The van der Waals surface area contributed by atoms with Gasteiger partial charge in [0.2, 0.25) is 0 Å². The maximum Gasteiger partial charge on any atom is 0.285 e. The van der Waals surface area contributed by atoms with Crippen molar-refractivity contribution in [2.75, 3.05) is 13.2 Å². The Morgan fingerprint density at radius 3 is 2.85 bits per heavy atom. The molecule has 0 amide bonds.